The molecular weight excluding hydrogens is 451 g/mol. The molecule has 0 bridgehead atoms. The van der Waals surface area contributed by atoms with Crippen LogP contribution in [0.25, 0.3) is 22.3 Å². The van der Waals surface area contributed by atoms with Gasteiger partial charge in [0.2, 0.25) is 5.60 Å². The van der Waals surface area contributed by atoms with Gasteiger partial charge in [-0.15, -0.1) is 0 Å². The zero-order chi connectivity index (χ0) is 23.3. The molecule has 0 N–H and O–H groups in total. The maximum atomic E-state index is 13.4. The number of pyridine rings is 2. The molecule has 0 saturated heterocycles. The summed E-state index contributed by atoms with van der Waals surface area (Å²) in [5.74, 6) is -3.10. The SMILES string of the molecule is CC[C@@]1(OC(=O)CCC(=O)[O-])C(=O)OCc2c1cc1n(c2=O)Cc2cc3ccccc3nc2-1.[Na+]. The Bertz CT molecular complexity index is 1410. The van der Waals surface area contributed by atoms with Crippen LogP contribution in [0.1, 0.15) is 42.9 Å². The van der Waals surface area contributed by atoms with Crippen molar-refractivity contribution in [2.45, 2.75) is 44.9 Å². The number of carboxylic acid groups (broad SMARTS) is 1. The molecular formula is C24H19N2NaO7. The van der Waals surface area contributed by atoms with E-state index in [0.29, 0.717) is 17.9 Å². The van der Waals surface area contributed by atoms with Crippen LogP contribution in [-0.4, -0.2) is 27.5 Å². The predicted molar refractivity (Wildman–Crippen MR) is 113 cm³/mol. The minimum absolute atomic E-state index is 0. The van der Waals surface area contributed by atoms with Crippen molar-refractivity contribution in [2.75, 3.05) is 0 Å². The molecule has 0 spiro atoms. The number of carbonyl (C=O) groups is 3. The molecule has 0 aliphatic carbocycles. The quantitative estimate of drug-likeness (QED) is 0.246. The molecule has 1 atom stereocenters. The summed E-state index contributed by atoms with van der Waals surface area (Å²) in [6.07, 6.45) is -0.998. The number of nitrogens with zero attached hydrogens (tertiary/aromatic N) is 2. The molecule has 0 radical (unpaired) electrons. The summed E-state index contributed by atoms with van der Waals surface area (Å²) in [6.45, 7) is 1.72. The Kier molecular flexibility index (Phi) is 6.37. The molecule has 0 amide bonds. The molecule has 9 nitrogen and oxygen atoms in total. The van der Waals surface area contributed by atoms with Crippen LogP contribution in [0.3, 0.4) is 0 Å². The molecule has 10 heteroatoms. The maximum absolute atomic E-state index is 13.4. The molecule has 0 fully saturated rings. The van der Waals surface area contributed by atoms with Gasteiger partial charge in [-0.3, -0.25) is 9.59 Å². The minimum atomic E-state index is -1.84. The molecule has 2 aromatic heterocycles. The van der Waals surface area contributed by atoms with Crippen LogP contribution in [-0.2, 0) is 42.6 Å². The molecule has 4 heterocycles. The van der Waals surface area contributed by atoms with Gasteiger partial charge in [-0.2, -0.15) is 0 Å². The number of ether oxygens (including phenoxy) is 2. The van der Waals surface area contributed by atoms with Crippen molar-refractivity contribution in [1.82, 2.24) is 9.55 Å². The van der Waals surface area contributed by atoms with Gasteiger partial charge in [-0.1, -0.05) is 25.1 Å². The van der Waals surface area contributed by atoms with Crippen LogP contribution in [0.4, 0.5) is 0 Å². The topological polar surface area (TPSA) is 128 Å². The standard InChI is InChI=1S/C24H20N2O7.Na/c1-2-24(33-20(29)8-7-19(27)28)16-10-18-21-14(9-13-5-3-4-6-17(13)25-21)11-26(18)22(30)15(16)12-32-23(24)31;/h3-6,9-10H,2,7-8,11-12H2,1H3,(H,27,28);/q;+1/p-1/t24-;/m0./s1. The third-order valence-electron chi connectivity index (χ3n) is 6.21. The monoisotopic (exact) mass is 470 g/mol. The summed E-state index contributed by atoms with van der Waals surface area (Å²) in [7, 11) is 0. The van der Waals surface area contributed by atoms with Crippen LogP contribution >= 0.6 is 0 Å². The molecule has 34 heavy (non-hydrogen) atoms. The summed E-state index contributed by atoms with van der Waals surface area (Å²) in [4.78, 5) is 54.1. The number of para-hydroxylation sites is 1. The van der Waals surface area contributed by atoms with Gasteiger partial charge in [-0.25, -0.2) is 9.78 Å². The number of aromatic nitrogens is 2. The Morgan fingerprint density at radius 2 is 1.97 bits per heavy atom. The normalized spacial score (nSPS) is 17.7. The Labute approximate surface area is 216 Å². The van der Waals surface area contributed by atoms with E-state index in [9.17, 15) is 24.3 Å². The van der Waals surface area contributed by atoms with E-state index in [4.69, 9.17) is 14.5 Å². The summed E-state index contributed by atoms with van der Waals surface area (Å²) >= 11 is 0. The molecule has 2 aliphatic heterocycles. The third kappa shape index (κ3) is 3.73. The van der Waals surface area contributed by atoms with Crippen LogP contribution in [0, 0.1) is 0 Å². The molecule has 0 saturated carbocycles. The molecule has 2 aliphatic rings. The fourth-order valence-corrected chi connectivity index (χ4v) is 4.53. The Hall–Kier alpha value is -3.01. The zero-order valence-corrected chi connectivity index (χ0v) is 20.8. The van der Waals surface area contributed by atoms with E-state index in [-0.39, 0.29) is 59.3 Å². The average molecular weight is 470 g/mol. The van der Waals surface area contributed by atoms with Crippen molar-refractivity contribution in [3.63, 3.8) is 0 Å². The van der Waals surface area contributed by atoms with Crippen LogP contribution in [0.2, 0.25) is 0 Å². The number of fused-ring (bicyclic) bond motifs is 5. The van der Waals surface area contributed by atoms with Gasteiger partial charge in [0.25, 0.3) is 5.56 Å². The van der Waals surface area contributed by atoms with E-state index >= 15 is 0 Å². The number of esters is 2. The first-order valence-electron chi connectivity index (χ1n) is 10.6. The zero-order valence-electron chi connectivity index (χ0n) is 18.8. The number of hydrogen-bond acceptors (Lipinski definition) is 8. The second kappa shape index (κ2) is 8.98. The first kappa shape index (κ1) is 24.1. The third-order valence-corrected chi connectivity index (χ3v) is 6.21. The van der Waals surface area contributed by atoms with Crippen molar-refractivity contribution in [3.8, 4) is 11.4 Å². The molecule has 5 rings (SSSR count). The van der Waals surface area contributed by atoms with Crippen molar-refractivity contribution in [3.05, 3.63) is 63.4 Å². The van der Waals surface area contributed by atoms with Crippen LogP contribution < -0.4 is 40.2 Å². The second-order valence-electron chi connectivity index (χ2n) is 8.10. The molecule has 0 unspecified atom stereocenters. The maximum Gasteiger partial charge on any atom is 1.00 e. The van der Waals surface area contributed by atoms with Crippen molar-refractivity contribution < 1.29 is 58.5 Å². The predicted octanol–water partition coefficient (Wildman–Crippen LogP) is -1.84. The smallest absolute Gasteiger partial charge is 0.550 e. The van der Waals surface area contributed by atoms with E-state index < -0.39 is 36.4 Å². The van der Waals surface area contributed by atoms with Crippen molar-refractivity contribution in [2.24, 2.45) is 0 Å². The molecule has 168 valence electrons. The minimum Gasteiger partial charge on any atom is -0.550 e. The average Bonchev–Trinajstić information content (AvgIpc) is 3.16. The van der Waals surface area contributed by atoms with Crippen LogP contribution in [0.15, 0.2) is 41.2 Å². The molecule has 3 aromatic rings. The van der Waals surface area contributed by atoms with Gasteiger partial charge < -0.3 is 23.9 Å². The second-order valence-corrected chi connectivity index (χ2v) is 8.10. The largest absolute Gasteiger partial charge is 1.00 e. The van der Waals surface area contributed by atoms with Crippen molar-refractivity contribution >= 4 is 28.8 Å². The van der Waals surface area contributed by atoms with E-state index in [0.717, 1.165) is 16.5 Å². The van der Waals surface area contributed by atoms with Gasteiger partial charge in [0.15, 0.2) is 0 Å². The Morgan fingerprint density at radius 1 is 1.21 bits per heavy atom. The number of rotatable bonds is 5. The molecule has 1 aromatic carbocycles. The van der Waals surface area contributed by atoms with Gasteiger partial charge in [0, 0.05) is 22.5 Å². The van der Waals surface area contributed by atoms with Gasteiger partial charge in [0.05, 0.1) is 35.4 Å². The van der Waals surface area contributed by atoms with E-state index in [1.807, 2.05) is 30.3 Å². The van der Waals surface area contributed by atoms with E-state index in [1.165, 1.54) is 0 Å². The number of carbonyl (C=O) groups excluding carboxylic acids is 3. The Morgan fingerprint density at radius 3 is 2.71 bits per heavy atom. The van der Waals surface area contributed by atoms with Crippen LogP contribution in [0.5, 0.6) is 0 Å². The fourth-order valence-electron chi connectivity index (χ4n) is 4.53. The first-order valence-corrected chi connectivity index (χ1v) is 10.6. The van der Waals surface area contributed by atoms with Gasteiger partial charge in [0.1, 0.15) is 6.61 Å². The van der Waals surface area contributed by atoms with Gasteiger partial charge in [-0.05, 0) is 31.0 Å². The summed E-state index contributed by atoms with van der Waals surface area (Å²) in [5, 5.41) is 11.7. The summed E-state index contributed by atoms with van der Waals surface area (Å²) in [6, 6.07) is 11.3. The number of benzene rings is 1. The number of carboxylic acids is 1. The van der Waals surface area contributed by atoms with Crippen molar-refractivity contribution in [1.29, 1.82) is 0 Å². The summed E-state index contributed by atoms with van der Waals surface area (Å²) in [5.41, 5.74) is 1.08. The van der Waals surface area contributed by atoms with E-state index in [2.05, 4.69) is 0 Å². The number of hydrogen-bond donors (Lipinski definition) is 0. The van der Waals surface area contributed by atoms with E-state index in [1.54, 1.807) is 17.6 Å². The number of aliphatic carboxylic acids is 1. The Balaban J connectivity index is 0.00000274. The fraction of sp³-hybridized carbons (Fsp3) is 0.292. The number of cyclic esters (lactones) is 1. The first-order chi connectivity index (χ1) is 15.8. The van der Waals surface area contributed by atoms with Gasteiger partial charge >= 0.3 is 41.5 Å². The summed E-state index contributed by atoms with van der Waals surface area (Å²) < 4.78 is 12.3.